The number of nitrogens with zero attached hydrogens (tertiary/aromatic N) is 2. The van der Waals surface area contributed by atoms with Crippen LogP contribution in [0.4, 0.5) is 4.79 Å². The Morgan fingerprint density at radius 2 is 1.95 bits per heavy atom. The number of piperazine rings is 1. The van der Waals surface area contributed by atoms with E-state index >= 15 is 0 Å². The lowest BCUT2D eigenvalue weighted by molar-refractivity contribution is 0.0679. The van der Waals surface area contributed by atoms with Crippen molar-refractivity contribution in [2.45, 2.75) is 19.6 Å². The standard InChI is InChI=1S/C16H20N2O2/c1-3-14(2)17-9-11-18(12-10-17)16(19)20-13-15-7-5-4-6-8-15/h1,4-8,14H,9-13H2,2H3. The molecule has 20 heavy (non-hydrogen) atoms. The molecule has 0 saturated carbocycles. The highest BCUT2D eigenvalue weighted by molar-refractivity contribution is 5.67. The number of carbonyl (C=O) groups is 1. The normalized spacial score (nSPS) is 17.3. The van der Waals surface area contributed by atoms with Crippen molar-refractivity contribution >= 4 is 6.09 Å². The minimum absolute atomic E-state index is 0.123. The Morgan fingerprint density at radius 3 is 2.55 bits per heavy atom. The van der Waals surface area contributed by atoms with Crippen LogP contribution < -0.4 is 0 Å². The zero-order valence-corrected chi connectivity index (χ0v) is 11.8. The Labute approximate surface area is 120 Å². The first-order valence-corrected chi connectivity index (χ1v) is 6.86. The van der Waals surface area contributed by atoms with Crippen LogP contribution in [0.15, 0.2) is 30.3 Å². The van der Waals surface area contributed by atoms with Gasteiger partial charge in [0.2, 0.25) is 0 Å². The number of hydrogen-bond acceptors (Lipinski definition) is 3. The summed E-state index contributed by atoms with van der Waals surface area (Å²) in [6, 6.07) is 9.82. The molecule has 1 aromatic carbocycles. The second-order valence-corrected chi connectivity index (χ2v) is 4.91. The molecule has 0 radical (unpaired) electrons. The third kappa shape index (κ3) is 3.75. The maximum Gasteiger partial charge on any atom is 0.410 e. The van der Waals surface area contributed by atoms with E-state index in [-0.39, 0.29) is 12.1 Å². The zero-order chi connectivity index (χ0) is 14.4. The molecule has 0 aromatic heterocycles. The maximum absolute atomic E-state index is 12.0. The minimum Gasteiger partial charge on any atom is -0.445 e. The molecule has 2 rings (SSSR count). The summed E-state index contributed by atoms with van der Waals surface area (Å²) in [6.07, 6.45) is 5.16. The molecule has 4 heteroatoms. The molecule has 1 amide bonds. The van der Waals surface area contributed by atoms with E-state index in [2.05, 4.69) is 10.8 Å². The van der Waals surface area contributed by atoms with Crippen LogP contribution in [0.25, 0.3) is 0 Å². The predicted octanol–water partition coefficient (Wildman–Crippen LogP) is 1.96. The summed E-state index contributed by atoms with van der Waals surface area (Å²) in [5, 5.41) is 0. The van der Waals surface area contributed by atoms with Gasteiger partial charge in [0.25, 0.3) is 0 Å². The van der Waals surface area contributed by atoms with Gasteiger partial charge in [0.1, 0.15) is 6.61 Å². The quantitative estimate of drug-likeness (QED) is 0.789. The molecule has 0 spiro atoms. The number of benzene rings is 1. The molecule has 1 heterocycles. The second kappa shape index (κ2) is 6.97. The van der Waals surface area contributed by atoms with Crippen molar-refractivity contribution in [2.75, 3.05) is 26.2 Å². The van der Waals surface area contributed by atoms with E-state index in [1.54, 1.807) is 4.90 Å². The Bertz CT molecular complexity index is 473. The van der Waals surface area contributed by atoms with Crippen molar-refractivity contribution in [2.24, 2.45) is 0 Å². The third-order valence-electron chi connectivity index (χ3n) is 3.57. The molecule has 0 bridgehead atoms. The number of terminal acetylenes is 1. The van der Waals surface area contributed by atoms with Crippen molar-refractivity contribution in [1.29, 1.82) is 0 Å². The van der Waals surface area contributed by atoms with Crippen molar-refractivity contribution in [3.05, 3.63) is 35.9 Å². The average molecular weight is 272 g/mol. The Balaban J connectivity index is 1.76. The minimum atomic E-state index is -0.248. The summed E-state index contributed by atoms with van der Waals surface area (Å²) >= 11 is 0. The summed E-state index contributed by atoms with van der Waals surface area (Å²) < 4.78 is 5.32. The van der Waals surface area contributed by atoms with Gasteiger partial charge in [-0.1, -0.05) is 36.3 Å². The highest BCUT2D eigenvalue weighted by atomic mass is 16.6. The Morgan fingerprint density at radius 1 is 1.30 bits per heavy atom. The number of hydrogen-bond donors (Lipinski definition) is 0. The SMILES string of the molecule is C#CC(C)N1CCN(C(=O)OCc2ccccc2)CC1. The molecule has 1 aromatic rings. The number of carbonyl (C=O) groups excluding carboxylic acids is 1. The van der Waals surface area contributed by atoms with Crippen LogP contribution >= 0.6 is 0 Å². The molecule has 0 N–H and O–H groups in total. The fraction of sp³-hybridized carbons (Fsp3) is 0.438. The van der Waals surface area contributed by atoms with Gasteiger partial charge in [-0.05, 0) is 12.5 Å². The maximum atomic E-state index is 12.0. The molecule has 1 atom stereocenters. The summed E-state index contributed by atoms with van der Waals surface area (Å²) in [5.41, 5.74) is 1.00. The monoisotopic (exact) mass is 272 g/mol. The van der Waals surface area contributed by atoms with E-state index in [0.717, 1.165) is 18.7 Å². The largest absolute Gasteiger partial charge is 0.445 e. The van der Waals surface area contributed by atoms with Gasteiger partial charge in [0.05, 0.1) is 6.04 Å². The molecular formula is C16H20N2O2. The Hall–Kier alpha value is -1.99. The highest BCUT2D eigenvalue weighted by Crippen LogP contribution is 2.08. The number of amides is 1. The van der Waals surface area contributed by atoms with Crippen LogP contribution in [-0.4, -0.2) is 48.1 Å². The fourth-order valence-corrected chi connectivity index (χ4v) is 2.21. The lowest BCUT2D eigenvalue weighted by Gasteiger charge is -2.35. The van der Waals surface area contributed by atoms with Crippen molar-refractivity contribution < 1.29 is 9.53 Å². The Kier molecular flexibility index (Phi) is 5.03. The van der Waals surface area contributed by atoms with Gasteiger partial charge < -0.3 is 9.64 Å². The van der Waals surface area contributed by atoms with Crippen LogP contribution in [0, 0.1) is 12.3 Å². The van der Waals surface area contributed by atoms with Crippen molar-refractivity contribution in [3.8, 4) is 12.3 Å². The van der Waals surface area contributed by atoms with Crippen LogP contribution in [0.5, 0.6) is 0 Å². The molecule has 1 unspecified atom stereocenters. The summed E-state index contributed by atoms with van der Waals surface area (Å²) in [6.45, 7) is 5.25. The zero-order valence-electron chi connectivity index (χ0n) is 11.8. The first-order valence-electron chi connectivity index (χ1n) is 6.86. The lowest BCUT2D eigenvalue weighted by Crippen LogP contribution is -2.51. The van der Waals surface area contributed by atoms with Gasteiger partial charge in [-0.15, -0.1) is 6.42 Å². The molecule has 1 aliphatic rings. The van der Waals surface area contributed by atoms with E-state index in [9.17, 15) is 4.79 Å². The molecule has 106 valence electrons. The smallest absolute Gasteiger partial charge is 0.410 e. The average Bonchev–Trinajstić information content (AvgIpc) is 2.53. The first-order chi connectivity index (χ1) is 9.70. The van der Waals surface area contributed by atoms with Crippen LogP contribution in [-0.2, 0) is 11.3 Å². The van der Waals surface area contributed by atoms with E-state index in [1.165, 1.54) is 0 Å². The lowest BCUT2D eigenvalue weighted by atomic mass is 10.2. The number of ether oxygens (including phenoxy) is 1. The molecule has 1 fully saturated rings. The van der Waals surface area contributed by atoms with Crippen LogP contribution in [0.2, 0.25) is 0 Å². The first kappa shape index (κ1) is 14.4. The predicted molar refractivity (Wildman–Crippen MR) is 78.1 cm³/mol. The van der Waals surface area contributed by atoms with Gasteiger partial charge in [0.15, 0.2) is 0 Å². The van der Waals surface area contributed by atoms with Gasteiger partial charge in [-0.2, -0.15) is 0 Å². The van der Waals surface area contributed by atoms with Crippen LogP contribution in [0.1, 0.15) is 12.5 Å². The molecule has 0 aliphatic carbocycles. The van der Waals surface area contributed by atoms with Crippen molar-refractivity contribution in [1.82, 2.24) is 9.80 Å². The van der Waals surface area contributed by atoms with Gasteiger partial charge in [-0.3, -0.25) is 4.90 Å². The summed E-state index contributed by atoms with van der Waals surface area (Å²) in [7, 11) is 0. The van der Waals surface area contributed by atoms with Gasteiger partial charge in [0, 0.05) is 26.2 Å². The van der Waals surface area contributed by atoms with Crippen LogP contribution in [0.3, 0.4) is 0 Å². The molecular weight excluding hydrogens is 252 g/mol. The van der Waals surface area contributed by atoms with E-state index < -0.39 is 0 Å². The second-order valence-electron chi connectivity index (χ2n) is 4.91. The van der Waals surface area contributed by atoms with Gasteiger partial charge >= 0.3 is 6.09 Å². The molecule has 1 aliphatic heterocycles. The molecule has 1 saturated heterocycles. The highest BCUT2D eigenvalue weighted by Gasteiger charge is 2.23. The topological polar surface area (TPSA) is 32.8 Å². The third-order valence-corrected chi connectivity index (χ3v) is 3.57. The fourth-order valence-electron chi connectivity index (χ4n) is 2.21. The summed E-state index contributed by atoms with van der Waals surface area (Å²) in [5.74, 6) is 2.72. The van der Waals surface area contributed by atoms with Crippen molar-refractivity contribution in [3.63, 3.8) is 0 Å². The van der Waals surface area contributed by atoms with E-state index in [4.69, 9.17) is 11.2 Å². The summed E-state index contributed by atoms with van der Waals surface area (Å²) in [4.78, 5) is 15.9. The molecule has 4 nitrogen and oxygen atoms in total. The van der Waals surface area contributed by atoms with E-state index in [0.29, 0.717) is 19.7 Å². The van der Waals surface area contributed by atoms with E-state index in [1.807, 2.05) is 37.3 Å². The number of rotatable bonds is 3. The van der Waals surface area contributed by atoms with Gasteiger partial charge in [-0.25, -0.2) is 4.79 Å².